The van der Waals surface area contributed by atoms with Crippen molar-refractivity contribution in [1.29, 1.82) is 0 Å². The summed E-state index contributed by atoms with van der Waals surface area (Å²) in [4.78, 5) is 4.47. The van der Waals surface area contributed by atoms with Gasteiger partial charge < -0.3 is 14.2 Å². The van der Waals surface area contributed by atoms with Crippen LogP contribution < -0.4 is 4.90 Å². The Morgan fingerprint density at radius 3 is 2.57 bits per heavy atom. The summed E-state index contributed by atoms with van der Waals surface area (Å²) in [5.74, 6) is 0. The van der Waals surface area contributed by atoms with Crippen LogP contribution in [0.4, 0.5) is 5.69 Å². The van der Waals surface area contributed by atoms with Crippen LogP contribution in [0.1, 0.15) is 12.5 Å². The van der Waals surface area contributed by atoms with Gasteiger partial charge in [0.15, 0.2) is 5.58 Å². The highest BCUT2D eigenvalue weighted by atomic mass is 16.3. The summed E-state index contributed by atoms with van der Waals surface area (Å²) in [7, 11) is 2.09. The molecule has 0 aliphatic carbocycles. The Morgan fingerprint density at radius 2 is 1.81 bits per heavy atom. The van der Waals surface area contributed by atoms with Crippen LogP contribution in [0.3, 0.4) is 0 Å². The first kappa shape index (κ1) is 12.3. The largest absolute Gasteiger partial charge is 0.454 e. The molecule has 0 saturated carbocycles. The van der Waals surface area contributed by atoms with Crippen molar-refractivity contribution < 1.29 is 4.42 Å². The fourth-order valence-corrected chi connectivity index (χ4v) is 3.08. The van der Waals surface area contributed by atoms with Crippen molar-refractivity contribution in [3.8, 4) is 0 Å². The molecule has 0 bridgehead atoms. The molecule has 106 valence electrons. The molecule has 2 heterocycles. The Hall–Kier alpha value is -2.42. The molecular weight excluding hydrogens is 260 g/mol. The van der Waals surface area contributed by atoms with Crippen LogP contribution in [0.2, 0.25) is 0 Å². The van der Waals surface area contributed by atoms with Gasteiger partial charge in [0.25, 0.3) is 0 Å². The Labute approximate surface area is 124 Å². The minimum atomic E-state index is 0.294. The number of furan rings is 1. The molecule has 0 radical (unpaired) electrons. The predicted octanol–water partition coefficient (Wildman–Crippen LogP) is 4.46. The van der Waals surface area contributed by atoms with Crippen molar-refractivity contribution in [3.05, 3.63) is 54.4 Å². The summed E-state index contributed by atoms with van der Waals surface area (Å²) in [6.45, 7) is 4.34. The van der Waals surface area contributed by atoms with Gasteiger partial charge in [0.05, 0.1) is 5.69 Å². The molecule has 1 aromatic heterocycles. The van der Waals surface area contributed by atoms with Gasteiger partial charge in [-0.1, -0.05) is 30.3 Å². The minimum absolute atomic E-state index is 0.294. The second-order valence-electron chi connectivity index (χ2n) is 5.71. The highest BCUT2D eigenvalue weighted by Crippen LogP contribution is 2.39. The van der Waals surface area contributed by atoms with E-state index in [1.54, 1.807) is 0 Å². The number of benzene rings is 2. The van der Waals surface area contributed by atoms with Crippen molar-refractivity contribution >= 4 is 27.6 Å². The molecule has 4 rings (SSSR count). The second-order valence-corrected chi connectivity index (χ2v) is 5.71. The Balaban J connectivity index is 2.04. The van der Waals surface area contributed by atoms with Crippen LogP contribution in [-0.4, -0.2) is 18.1 Å². The van der Waals surface area contributed by atoms with Crippen LogP contribution >= 0.6 is 0 Å². The number of aryl methyl sites for hydroxylation is 1. The van der Waals surface area contributed by atoms with E-state index >= 15 is 0 Å². The average Bonchev–Trinajstić information content (AvgIpc) is 3.01. The summed E-state index contributed by atoms with van der Waals surface area (Å²) < 4.78 is 6.17. The van der Waals surface area contributed by atoms with Gasteiger partial charge in [0, 0.05) is 30.2 Å². The lowest BCUT2D eigenvalue weighted by molar-refractivity contribution is 0.383. The van der Waals surface area contributed by atoms with E-state index < -0.39 is 0 Å². The molecule has 0 fully saturated rings. The van der Waals surface area contributed by atoms with E-state index in [1.807, 2.05) is 12.1 Å². The molecule has 0 N–H and O–H groups in total. The monoisotopic (exact) mass is 278 g/mol. The standard InChI is InChI=1S/C18H18N2O/c1-12-8-9-15-14-6-4-5-7-16(14)21-18(15)17(12)20-11-10-19(3)13(20)2/h4-11,13H,1-3H3/t13-/m1/s1. The van der Waals surface area contributed by atoms with Gasteiger partial charge in [-0.25, -0.2) is 0 Å². The number of hydrogen-bond acceptors (Lipinski definition) is 3. The summed E-state index contributed by atoms with van der Waals surface area (Å²) in [5.41, 5.74) is 4.32. The number of anilines is 1. The molecule has 0 saturated heterocycles. The first-order valence-corrected chi connectivity index (χ1v) is 7.26. The van der Waals surface area contributed by atoms with Crippen molar-refractivity contribution in [1.82, 2.24) is 4.90 Å². The van der Waals surface area contributed by atoms with Crippen LogP contribution in [-0.2, 0) is 0 Å². The Bertz CT molecular complexity index is 862. The maximum atomic E-state index is 6.17. The van der Waals surface area contributed by atoms with E-state index in [9.17, 15) is 0 Å². The molecule has 0 amide bonds. The summed E-state index contributed by atoms with van der Waals surface area (Å²) in [5, 5.41) is 2.36. The van der Waals surface area contributed by atoms with Crippen molar-refractivity contribution in [2.75, 3.05) is 11.9 Å². The van der Waals surface area contributed by atoms with E-state index in [1.165, 1.54) is 16.3 Å². The maximum absolute atomic E-state index is 6.17. The second kappa shape index (κ2) is 4.29. The molecule has 21 heavy (non-hydrogen) atoms. The zero-order valence-corrected chi connectivity index (χ0v) is 12.5. The zero-order valence-electron chi connectivity index (χ0n) is 12.5. The van der Waals surface area contributed by atoms with Crippen LogP contribution in [0.15, 0.2) is 53.2 Å². The summed E-state index contributed by atoms with van der Waals surface area (Å²) in [6, 6.07) is 12.6. The van der Waals surface area contributed by atoms with E-state index in [0.717, 1.165) is 16.9 Å². The maximum Gasteiger partial charge on any atom is 0.159 e. The van der Waals surface area contributed by atoms with Crippen molar-refractivity contribution in [2.45, 2.75) is 20.0 Å². The number of rotatable bonds is 1. The third kappa shape index (κ3) is 1.67. The van der Waals surface area contributed by atoms with Gasteiger partial charge >= 0.3 is 0 Å². The van der Waals surface area contributed by atoms with Crippen LogP contribution in [0.5, 0.6) is 0 Å². The summed E-state index contributed by atoms with van der Waals surface area (Å²) >= 11 is 0. The number of fused-ring (bicyclic) bond motifs is 3. The third-order valence-corrected chi connectivity index (χ3v) is 4.44. The molecule has 2 aromatic carbocycles. The molecule has 1 aliphatic heterocycles. The molecule has 3 heteroatoms. The van der Waals surface area contributed by atoms with Gasteiger partial charge in [0.2, 0.25) is 0 Å². The van der Waals surface area contributed by atoms with Crippen molar-refractivity contribution in [3.63, 3.8) is 0 Å². The van der Waals surface area contributed by atoms with Gasteiger partial charge in [0.1, 0.15) is 11.7 Å². The zero-order chi connectivity index (χ0) is 14.6. The smallest absolute Gasteiger partial charge is 0.159 e. The fourth-order valence-electron chi connectivity index (χ4n) is 3.08. The quantitative estimate of drug-likeness (QED) is 0.655. The van der Waals surface area contributed by atoms with Crippen LogP contribution in [0.25, 0.3) is 21.9 Å². The van der Waals surface area contributed by atoms with E-state index in [2.05, 4.69) is 67.4 Å². The van der Waals surface area contributed by atoms with Gasteiger partial charge in [-0.3, -0.25) is 0 Å². The lowest BCUT2D eigenvalue weighted by Gasteiger charge is -2.28. The predicted molar refractivity (Wildman–Crippen MR) is 87.3 cm³/mol. The highest BCUT2D eigenvalue weighted by molar-refractivity contribution is 6.09. The lowest BCUT2D eigenvalue weighted by atomic mass is 10.1. The number of hydrogen-bond donors (Lipinski definition) is 0. The molecule has 0 spiro atoms. The average molecular weight is 278 g/mol. The first-order chi connectivity index (χ1) is 10.2. The fraction of sp³-hybridized carbons (Fsp3) is 0.222. The SMILES string of the molecule is Cc1ccc2c(oc3ccccc32)c1N1C=CN(C)[C@H]1C. The van der Waals surface area contributed by atoms with E-state index in [-0.39, 0.29) is 0 Å². The Morgan fingerprint density at radius 1 is 1.00 bits per heavy atom. The minimum Gasteiger partial charge on any atom is -0.454 e. The molecule has 3 nitrogen and oxygen atoms in total. The Kier molecular flexibility index (Phi) is 2.52. The number of nitrogens with zero attached hydrogens (tertiary/aromatic N) is 2. The summed E-state index contributed by atoms with van der Waals surface area (Å²) in [6.07, 6.45) is 4.52. The lowest BCUT2D eigenvalue weighted by Crippen LogP contribution is -2.33. The molecular formula is C18H18N2O. The van der Waals surface area contributed by atoms with Gasteiger partial charge in [-0.15, -0.1) is 0 Å². The highest BCUT2D eigenvalue weighted by Gasteiger charge is 2.25. The third-order valence-electron chi connectivity index (χ3n) is 4.44. The molecule has 1 aliphatic rings. The van der Waals surface area contributed by atoms with E-state index in [0.29, 0.717) is 6.17 Å². The normalized spacial score (nSPS) is 18.3. The van der Waals surface area contributed by atoms with Crippen LogP contribution in [0, 0.1) is 6.92 Å². The topological polar surface area (TPSA) is 19.6 Å². The molecule has 1 atom stereocenters. The molecule has 3 aromatic rings. The molecule has 0 unspecified atom stereocenters. The van der Waals surface area contributed by atoms with E-state index in [4.69, 9.17) is 4.42 Å². The van der Waals surface area contributed by atoms with Gasteiger partial charge in [-0.2, -0.15) is 0 Å². The van der Waals surface area contributed by atoms with Gasteiger partial charge in [-0.05, 0) is 25.5 Å². The van der Waals surface area contributed by atoms with Crippen molar-refractivity contribution in [2.24, 2.45) is 0 Å². The number of para-hydroxylation sites is 1. The first-order valence-electron chi connectivity index (χ1n) is 7.26.